The summed E-state index contributed by atoms with van der Waals surface area (Å²) in [5, 5.41) is 4.00. The number of rotatable bonds is 5. The van der Waals surface area contributed by atoms with E-state index < -0.39 is 0 Å². The molecule has 23 heavy (non-hydrogen) atoms. The number of aryl methyl sites for hydroxylation is 1. The topological polar surface area (TPSA) is 68.5 Å². The van der Waals surface area contributed by atoms with Gasteiger partial charge >= 0.3 is 0 Å². The monoisotopic (exact) mass is 315 g/mol. The van der Waals surface area contributed by atoms with Crippen LogP contribution in [-0.4, -0.2) is 34.1 Å². The maximum Gasteiger partial charge on any atom is 0.249 e. The van der Waals surface area contributed by atoms with Gasteiger partial charge in [0.1, 0.15) is 11.8 Å². The van der Waals surface area contributed by atoms with Gasteiger partial charge in [-0.15, -0.1) is 0 Å². The van der Waals surface area contributed by atoms with Gasteiger partial charge in [0.05, 0.1) is 6.61 Å². The Labute approximate surface area is 135 Å². The lowest BCUT2D eigenvalue weighted by Gasteiger charge is -2.19. The van der Waals surface area contributed by atoms with Crippen molar-refractivity contribution >= 4 is 5.91 Å². The molecule has 0 spiro atoms. The van der Waals surface area contributed by atoms with Crippen molar-refractivity contribution in [1.82, 2.24) is 15.0 Å². The van der Waals surface area contributed by atoms with E-state index in [2.05, 4.69) is 10.1 Å². The Balaban J connectivity index is 1.56. The van der Waals surface area contributed by atoms with Crippen molar-refractivity contribution in [1.29, 1.82) is 0 Å². The van der Waals surface area contributed by atoms with E-state index in [1.165, 1.54) is 0 Å². The fourth-order valence-corrected chi connectivity index (χ4v) is 2.87. The second-order valence-electron chi connectivity index (χ2n) is 5.83. The summed E-state index contributed by atoms with van der Waals surface area (Å²) >= 11 is 0. The summed E-state index contributed by atoms with van der Waals surface area (Å²) in [4.78, 5) is 17.8. The molecule has 1 atom stereocenters. The van der Waals surface area contributed by atoms with Crippen molar-refractivity contribution in [2.24, 2.45) is 0 Å². The fraction of sp³-hybridized carbons (Fsp3) is 0.471. The first kappa shape index (κ1) is 15.5. The van der Waals surface area contributed by atoms with Crippen LogP contribution in [0.15, 0.2) is 28.8 Å². The number of likely N-dealkylation sites (tertiary alicyclic amines) is 1. The number of carbonyl (C=O) groups is 1. The summed E-state index contributed by atoms with van der Waals surface area (Å²) < 4.78 is 11.0. The molecule has 0 radical (unpaired) electrons. The predicted octanol–water partition coefficient (Wildman–Crippen LogP) is 2.68. The van der Waals surface area contributed by atoms with E-state index in [1.807, 2.05) is 31.2 Å². The molecule has 1 unspecified atom stereocenters. The molecular formula is C17H21N3O3. The highest BCUT2D eigenvalue weighted by molar-refractivity contribution is 5.73. The summed E-state index contributed by atoms with van der Waals surface area (Å²) in [6, 6.07) is 7.84. The summed E-state index contributed by atoms with van der Waals surface area (Å²) in [6.07, 6.45) is 2.42. The smallest absolute Gasteiger partial charge is 0.249 e. The molecule has 1 aliphatic rings. The van der Waals surface area contributed by atoms with Crippen LogP contribution in [0.3, 0.4) is 0 Å². The molecule has 2 aromatic rings. The van der Waals surface area contributed by atoms with Gasteiger partial charge in [0, 0.05) is 19.9 Å². The zero-order valence-electron chi connectivity index (χ0n) is 13.5. The van der Waals surface area contributed by atoms with Crippen LogP contribution in [0.5, 0.6) is 5.75 Å². The minimum Gasteiger partial charge on any atom is -0.493 e. The van der Waals surface area contributed by atoms with E-state index in [1.54, 1.807) is 11.8 Å². The first-order valence-electron chi connectivity index (χ1n) is 7.92. The third-order valence-corrected chi connectivity index (χ3v) is 4.01. The van der Waals surface area contributed by atoms with E-state index in [9.17, 15) is 4.79 Å². The molecule has 3 rings (SSSR count). The van der Waals surface area contributed by atoms with E-state index >= 15 is 0 Å². The average molecular weight is 315 g/mol. The van der Waals surface area contributed by atoms with E-state index in [0.717, 1.165) is 30.7 Å². The highest BCUT2D eigenvalue weighted by Gasteiger charge is 2.32. The molecule has 0 bridgehead atoms. The highest BCUT2D eigenvalue weighted by atomic mass is 16.5. The molecule has 122 valence electrons. The molecule has 0 saturated carbocycles. The van der Waals surface area contributed by atoms with Crippen LogP contribution >= 0.6 is 0 Å². The molecule has 1 aromatic carbocycles. The van der Waals surface area contributed by atoms with E-state index in [0.29, 0.717) is 24.7 Å². The summed E-state index contributed by atoms with van der Waals surface area (Å²) in [7, 11) is 0. The van der Waals surface area contributed by atoms with Crippen LogP contribution in [0, 0.1) is 6.92 Å². The number of ether oxygens (including phenoxy) is 1. The number of hydrogen-bond donors (Lipinski definition) is 0. The summed E-state index contributed by atoms with van der Waals surface area (Å²) in [5.41, 5.74) is 1.16. The number of carbonyl (C=O) groups excluding carboxylic acids is 1. The van der Waals surface area contributed by atoms with Gasteiger partial charge in [-0.05, 0) is 37.5 Å². The standard InChI is InChI=1S/C17H21N3O3/c1-12-5-3-6-14(11-12)22-10-8-16-18-17(23-19-16)15-7-4-9-20(15)13(2)21/h3,5-6,11,15H,4,7-10H2,1-2H3. The van der Waals surface area contributed by atoms with Crippen molar-refractivity contribution in [3.63, 3.8) is 0 Å². The van der Waals surface area contributed by atoms with Crippen LogP contribution < -0.4 is 4.74 Å². The minimum atomic E-state index is -0.0774. The predicted molar refractivity (Wildman–Crippen MR) is 84.0 cm³/mol. The lowest BCUT2D eigenvalue weighted by atomic mass is 10.2. The van der Waals surface area contributed by atoms with Crippen molar-refractivity contribution in [2.75, 3.05) is 13.2 Å². The van der Waals surface area contributed by atoms with Crippen molar-refractivity contribution in [2.45, 2.75) is 39.2 Å². The molecule has 1 aromatic heterocycles. The van der Waals surface area contributed by atoms with Gasteiger partial charge in [-0.2, -0.15) is 4.98 Å². The third kappa shape index (κ3) is 3.70. The normalized spacial score (nSPS) is 17.5. The Morgan fingerprint density at radius 3 is 3.13 bits per heavy atom. The summed E-state index contributed by atoms with van der Waals surface area (Å²) in [5.74, 6) is 2.04. The van der Waals surface area contributed by atoms with Crippen LogP contribution in [0.2, 0.25) is 0 Å². The molecule has 2 heterocycles. The average Bonchev–Trinajstić information content (AvgIpc) is 3.15. The Morgan fingerprint density at radius 2 is 2.35 bits per heavy atom. The Kier molecular flexibility index (Phi) is 4.60. The molecular weight excluding hydrogens is 294 g/mol. The van der Waals surface area contributed by atoms with Crippen LogP contribution in [-0.2, 0) is 11.2 Å². The lowest BCUT2D eigenvalue weighted by Crippen LogP contribution is -2.28. The Bertz CT molecular complexity index is 683. The molecule has 1 saturated heterocycles. The van der Waals surface area contributed by atoms with Crippen LogP contribution in [0.4, 0.5) is 0 Å². The molecule has 1 aliphatic heterocycles. The number of hydrogen-bond acceptors (Lipinski definition) is 5. The van der Waals surface area contributed by atoms with Crippen LogP contribution in [0.1, 0.15) is 43.1 Å². The van der Waals surface area contributed by atoms with Gasteiger partial charge in [0.15, 0.2) is 5.82 Å². The second kappa shape index (κ2) is 6.81. The largest absolute Gasteiger partial charge is 0.493 e. The van der Waals surface area contributed by atoms with Gasteiger partial charge in [-0.1, -0.05) is 17.3 Å². The zero-order valence-corrected chi connectivity index (χ0v) is 13.5. The summed E-state index contributed by atoms with van der Waals surface area (Å²) in [6.45, 7) is 4.85. The number of amides is 1. The molecule has 1 fully saturated rings. The van der Waals surface area contributed by atoms with Gasteiger partial charge in [-0.3, -0.25) is 4.79 Å². The van der Waals surface area contributed by atoms with Gasteiger partial charge in [0.25, 0.3) is 0 Å². The second-order valence-corrected chi connectivity index (χ2v) is 5.83. The van der Waals surface area contributed by atoms with Crippen molar-refractivity contribution in [3.05, 3.63) is 41.5 Å². The quantitative estimate of drug-likeness (QED) is 0.848. The SMILES string of the molecule is CC(=O)N1CCCC1c1nc(CCOc2cccc(C)c2)no1. The third-order valence-electron chi connectivity index (χ3n) is 4.01. The minimum absolute atomic E-state index is 0.0510. The zero-order chi connectivity index (χ0) is 16.2. The van der Waals surface area contributed by atoms with E-state index in [-0.39, 0.29) is 11.9 Å². The fourth-order valence-electron chi connectivity index (χ4n) is 2.87. The Morgan fingerprint density at radius 1 is 1.48 bits per heavy atom. The molecule has 0 aliphatic carbocycles. The number of aromatic nitrogens is 2. The maximum absolute atomic E-state index is 11.6. The highest BCUT2D eigenvalue weighted by Crippen LogP contribution is 2.30. The first-order valence-corrected chi connectivity index (χ1v) is 7.92. The van der Waals surface area contributed by atoms with Gasteiger partial charge in [0.2, 0.25) is 11.8 Å². The maximum atomic E-state index is 11.6. The molecule has 6 nitrogen and oxygen atoms in total. The van der Waals surface area contributed by atoms with Crippen LogP contribution in [0.25, 0.3) is 0 Å². The van der Waals surface area contributed by atoms with E-state index in [4.69, 9.17) is 9.26 Å². The molecule has 1 amide bonds. The van der Waals surface area contributed by atoms with Gasteiger partial charge < -0.3 is 14.2 Å². The molecule has 6 heteroatoms. The first-order chi connectivity index (χ1) is 11.1. The lowest BCUT2D eigenvalue weighted by molar-refractivity contribution is -0.130. The Hall–Kier alpha value is -2.37. The number of benzene rings is 1. The van der Waals surface area contributed by atoms with Crippen molar-refractivity contribution in [3.8, 4) is 5.75 Å². The number of nitrogens with zero attached hydrogens (tertiary/aromatic N) is 3. The van der Waals surface area contributed by atoms with Crippen molar-refractivity contribution < 1.29 is 14.1 Å². The molecule has 0 N–H and O–H groups in total. The van der Waals surface area contributed by atoms with Gasteiger partial charge in [-0.25, -0.2) is 0 Å².